The van der Waals surface area contributed by atoms with Gasteiger partial charge in [-0.25, -0.2) is 9.78 Å². The van der Waals surface area contributed by atoms with Crippen LogP contribution in [0.1, 0.15) is 46.5 Å². The summed E-state index contributed by atoms with van der Waals surface area (Å²) in [5.41, 5.74) is 0.947. The summed E-state index contributed by atoms with van der Waals surface area (Å²) in [4.78, 5) is 31.2. The van der Waals surface area contributed by atoms with Gasteiger partial charge in [0.15, 0.2) is 5.82 Å². The molecule has 1 fully saturated rings. The van der Waals surface area contributed by atoms with Crippen LogP contribution in [0.5, 0.6) is 0 Å². The molecule has 1 saturated heterocycles. The zero-order chi connectivity index (χ0) is 20.1. The molecule has 1 aromatic heterocycles. The van der Waals surface area contributed by atoms with E-state index in [0.717, 1.165) is 24.8 Å². The molecule has 0 spiro atoms. The lowest BCUT2D eigenvalue weighted by Crippen LogP contribution is -2.48. The summed E-state index contributed by atoms with van der Waals surface area (Å²) in [7, 11) is 0. The molecular formula is C20H27N5O3. The number of nitrogens with zero attached hydrogens (tertiary/aromatic N) is 3. The van der Waals surface area contributed by atoms with E-state index in [-0.39, 0.29) is 5.91 Å². The fourth-order valence-corrected chi connectivity index (χ4v) is 3.20. The predicted molar refractivity (Wildman–Crippen MR) is 106 cm³/mol. The predicted octanol–water partition coefficient (Wildman–Crippen LogP) is 3.59. The fourth-order valence-electron chi connectivity index (χ4n) is 3.20. The van der Waals surface area contributed by atoms with Crippen LogP contribution in [0.2, 0.25) is 0 Å². The number of aromatic nitrogens is 3. The smallest absolute Gasteiger partial charge is 0.410 e. The Bertz CT molecular complexity index is 796. The quantitative estimate of drug-likeness (QED) is 0.841. The van der Waals surface area contributed by atoms with E-state index in [1.165, 1.54) is 6.33 Å². The number of nitrogens with one attached hydrogen (secondary N) is 2. The lowest BCUT2D eigenvalue weighted by Gasteiger charge is -2.31. The number of hydrogen-bond donors (Lipinski definition) is 2. The molecule has 2 N–H and O–H groups in total. The van der Waals surface area contributed by atoms with E-state index in [1.54, 1.807) is 4.90 Å². The standard InChI is InChI=1S/C20H27N5O3/c1-20(2,3)28-19(27)25-12-6-4-5-7-16(25)18(26)23-15-10-8-14(9-11-15)17-21-13-22-24-17/h8-11,13,16H,4-7,12H2,1-3H3,(H,23,26)(H,21,22,24)/t16-/m1/s1. The van der Waals surface area contributed by atoms with E-state index in [2.05, 4.69) is 20.5 Å². The van der Waals surface area contributed by atoms with Gasteiger partial charge in [-0.1, -0.05) is 12.8 Å². The molecule has 1 aromatic carbocycles. The molecule has 2 aromatic rings. The molecule has 0 aliphatic carbocycles. The Labute approximate surface area is 164 Å². The molecule has 150 valence electrons. The molecule has 2 heterocycles. The van der Waals surface area contributed by atoms with Crippen molar-refractivity contribution in [3.05, 3.63) is 30.6 Å². The van der Waals surface area contributed by atoms with Crippen molar-refractivity contribution in [3.63, 3.8) is 0 Å². The van der Waals surface area contributed by atoms with E-state index < -0.39 is 17.7 Å². The number of aromatic amines is 1. The minimum Gasteiger partial charge on any atom is -0.444 e. The fraction of sp³-hybridized carbons (Fsp3) is 0.500. The van der Waals surface area contributed by atoms with Crippen molar-refractivity contribution in [1.29, 1.82) is 0 Å². The summed E-state index contributed by atoms with van der Waals surface area (Å²) in [6.45, 7) is 6.01. The molecule has 1 aliphatic heterocycles. The van der Waals surface area contributed by atoms with Gasteiger partial charge in [-0.3, -0.25) is 14.8 Å². The third kappa shape index (κ3) is 5.09. The minimum atomic E-state index is -0.596. The average Bonchev–Trinajstić information content (AvgIpc) is 3.04. The van der Waals surface area contributed by atoms with Gasteiger partial charge >= 0.3 is 6.09 Å². The number of hydrogen-bond acceptors (Lipinski definition) is 5. The second-order valence-corrected chi connectivity index (χ2v) is 7.94. The van der Waals surface area contributed by atoms with E-state index >= 15 is 0 Å². The van der Waals surface area contributed by atoms with Crippen LogP contribution in [-0.2, 0) is 9.53 Å². The highest BCUT2D eigenvalue weighted by atomic mass is 16.6. The Balaban J connectivity index is 1.70. The number of carbonyl (C=O) groups is 2. The summed E-state index contributed by atoms with van der Waals surface area (Å²) in [6, 6.07) is 6.80. The summed E-state index contributed by atoms with van der Waals surface area (Å²) < 4.78 is 5.51. The Morgan fingerprint density at radius 3 is 2.57 bits per heavy atom. The lowest BCUT2D eigenvalue weighted by atomic mass is 10.1. The van der Waals surface area contributed by atoms with Crippen LogP contribution in [-0.4, -0.2) is 50.3 Å². The minimum absolute atomic E-state index is 0.194. The molecule has 1 atom stereocenters. The van der Waals surface area contributed by atoms with E-state index in [9.17, 15) is 9.59 Å². The first-order valence-corrected chi connectivity index (χ1v) is 9.60. The maximum absolute atomic E-state index is 12.9. The van der Waals surface area contributed by atoms with Crippen molar-refractivity contribution in [2.24, 2.45) is 0 Å². The Morgan fingerprint density at radius 2 is 1.93 bits per heavy atom. The highest BCUT2D eigenvalue weighted by Crippen LogP contribution is 2.22. The summed E-state index contributed by atoms with van der Waals surface area (Å²) in [5.74, 6) is 0.470. The number of anilines is 1. The number of rotatable bonds is 3. The Morgan fingerprint density at radius 1 is 1.18 bits per heavy atom. The van der Waals surface area contributed by atoms with Crippen LogP contribution in [0, 0.1) is 0 Å². The van der Waals surface area contributed by atoms with Gasteiger partial charge in [0, 0.05) is 17.8 Å². The number of H-pyrrole nitrogens is 1. The highest BCUT2D eigenvalue weighted by Gasteiger charge is 2.33. The number of ether oxygens (including phenoxy) is 1. The van der Waals surface area contributed by atoms with Gasteiger partial charge in [0.2, 0.25) is 5.91 Å². The second kappa shape index (κ2) is 8.41. The zero-order valence-electron chi connectivity index (χ0n) is 16.6. The monoisotopic (exact) mass is 385 g/mol. The van der Waals surface area contributed by atoms with Crippen LogP contribution >= 0.6 is 0 Å². The molecule has 1 aliphatic rings. The number of benzene rings is 1. The molecule has 2 amide bonds. The molecule has 0 bridgehead atoms. The molecule has 8 nitrogen and oxygen atoms in total. The topological polar surface area (TPSA) is 100 Å². The van der Waals surface area contributed by atoms with Gasteiger partial charge in [-0.05, 0) is 57.9 Å². The molecule has 28 heavy (non-hydrogen) atoms. The first-order chi connectivity index (χ1) is 13.3. The van der Waals surface area contributed by atoms with E-state index in [4.69, 9.17) is 4.74 Å². The van der Waals surface area contributed by atoms with Crippen LogP contribution in [0.3, 0.4) is 0 Å². The largest absolute Gasteiger partial charge is 0.444 e. The number of likely N-dealkylation sites (tertiary alicyclic amines) is 1. The first kappa shape index (κ1) is 19.9. The maximum Gasteiger partial charge on any atom is 0.410 e. The van der Waals surface area contributed by atoms with Crippen LogP contribution in [0.15, 0.2) is 30.6 Å². The second-order valence-electron chi connectivity index (χ2n) is 7.94. The van der Waals surface area contributed by atoms with E-state index in [0.29, 0.717) is 24.5 Å². The van der Waals surface area contributed by atoms with Gasteiger partial charge < -0.3 is 10.1 Å². The van der Waals surface area contributed by atoms with Gasteiger partial charge in [0.05, 0.1) is 0 Å². The molecular weight excluding hydrogens is 358 g/mol. The zero-order valence-corrected chi connectivity index (χ0v) is 16.6. The molecule has 8 heteroatoms. The van der Waals surface area contributed by atoms with Gasteiger partial charge in [-0.15, -0.1) is 0 Å². The van der Waals surface area contributed by atoms with Crippen molar-refractivity contribution in [2.45, 2.75) is 58.1 Å². The summed E-state index contributed by atoms with van der Waals surface area (Å²) in [6.07, 6.45) is 4.41. The molecule has 3 rings (SSSR count). The van der Waals surface area contributed by atoms with Crippen LogP contribution in [0.4, 0.5) is 10.5 Å². The molecule has 0 radical (unpaired) electrons. The van der Waals surface area contributed by atoms with Crippen LogP contribution < -0.4 is 5.32 Å². The lowest BCUT2D eigenvalue weighted by molar-refractivity contribution is -0.121. The third-order valence-corrected chi connectivity index (χ3v) is 4.52. The van der Waals surface area contributed by atoms with Gasteiger partial charge in [0.25, 0.3) is 0 Å². The first-order valence-electron chi connectivity index (χ1n) is 9.60. The molecule has 0 saturated carbocycles. The van der Waals surface area contributed by atoms with Gasteiger partial charge in [-0.2, -0.15) is 5.10 Å². The van der Waals surface area contributed by atoms with Crippen molar-refractivity contribution >= 4 is 17.7 Å². The molecule has 0 unspecified atom stereocenters. The van der Waals surface area contributed by atoms with Crippen LogP contribution in [0.25, 0.3) is 11.4 Å². The normalized spacial score (nSPS) is 17.7. The highest BCUT2D eigenvalue weighted by molar-refractivity contribution is 5.96. The van der Waals surface area contributed by atoms with Crippen molar-refractivity contribution < 1.29 is 14.3 Å². The number of carbonyl (C=O) groups excluding carboxylic acids is 2. The maximum atomic E-state index is 12.9. The van der Waals surface area contributed by atoms with Gasteiger partial charge in [0.1, 0.15) is 18.0 Å². The van der Waals surface area contributed by atoms with Crippen molar-refractivity contribution in [2.75, 3.05) is 11.9 Å². The summed E-state index contributed by atoms with van der Waals surface area (Å²) >= 11 is 0. The summed E-state index contributed by atoms with van der Waals surface area (Å²) in [5, 5.41) is 9.56. The average molecular weight is 385 g/mol. The third-order valence-electron chi connectivity index (χ3n) is 4.52. The Kier molecular flexibility index (Phi) is 5.96. The van der Waals surface area contributed by atoms with Crippen molar-refractivity contribution in [3.8, 4) is 11.4 Å². The van der Waals surface area contributed by atoms with Crippen molar-refractivity contribution in [1.82, 2.24) is 20.1 Å². The van der Waals surface area contributed by atoms with E-state index in [1.807, 2.05) is 45.0 Å². The number of amides is 2. The SMILES string of the molecule is CC(C)(C)OC(=O)N1CCCCC[C@@H]1C(=O)Nc1ccc(-c2ncn[nH]2)cc1. The Hall–Kier alpha value is -2.90.